The first-order valence-corrected chi connectivity index (χ1v) is 11.7. The number of ether oxygens (including phenoxy) is 2. The molecule has 1 aliphatic rings. The maximum atomic E-state index is 13.5. The van der Waals surface area contributed by atoms with Gasteiger partial charge in [-0.25, -0.2) is 9.37 Å². The van der Waals surface area contributed by atoms with E-state index in [0.29, 0.717) is 25.6 Å². The quantitative estimate of drug-likeness (QED) is 0.371. The highest BCUT2D eigenvalue weighted by Gasteiger charge is 2.42. The number of aryl methyl sites for hydroxylation is 1. The first kappa shape index (κ1) is 24.5. The van der Waals surface area contributed by atoms with Crippen LogP contribution >= 0.6 is 0 Å². The van der Waals surface area contributed by atoms with Crippen LogP contribution in [0.1, 0.15) is 37.1 Å². The maximum Gasteiger partial charge on any atom is 0.234 e. The first-order valence-electron chi connectivity index (χ1n) is 11.7. The second kappa shape index (κ2) is 10.7. The van der Waals surface area contributed by atoms with Gasteiger partial charge in [0.05, 0.1) is 24.8 Å². The largest absolute Gasteiger partial charge is 0.495 e. The SMILES string of the molecule is CCOCCCN1C(C=Cc2ccc(-n3cnc(C)c3)c(OC)c2)=NOC1(C)c1ccc(F)cc1. The molecule has 7 nitrogen and oxygen atoms in total. The minimum absolute atomic E-state index is 0.289. The molecule has 0 spiro atoms. The van der Waals surface area contributed by atoms with Crippen LogP contribution in [0, 0.1) is 12.7 Å². The van der Waals surface area contributed by atoms with E-state index in [-0.39, 0.29) is 5.82 Å². The number of hydrogen-bond donors (Lipinski definition) is 0. The average molecular weight is 479 g/mol. The van der Waals surface area contributed by atoms with Crippen LogP contribution in [-0.2, 0) is 15.3 Å². The molecule has 1 aliphatic heterocycles. The highest BCUT2D eigenvalue weighted by atomic mass is 19.1. The lowest BCUT2D eigenvalue weighted by Crippen LogP contribution is -2.44. The van der Waals surface area contributed by atoms with Crippen molar-refractivity contribution in [3.63, 3.8) is 0 Å². The minimum Gasteiger partial charge on any atom is -0.495 e. The number of rotatable bonds is 10. The van der Waals surface area contributed by atoms with E-state index in [0.717, 1.165) is 34.7 Å². The first-order chi connectivity index (χ1) is 16.9. The van der Waals surface area contributed by atoms with Crippen LogP contribution in [0.2, 0.25) is 0 Å². The van der Waals surface area contributed by atoms with E-state index in [1.54, 1.807) is 25.6 Å². The Morgan fingerprint density at radius 1 is 1.14 bits per heavy atom. The summed E-state index contributed by atoms with van der Waals surface area (Å²) < 4.78 is 26.6. The minimum atomic E-state index is -0.847. The third kappa shape index (κ3) is 5.38. The summed E-state index contributed by atoms with van der Waals surface area (Å²) in [6, 6.07) is 12.3. The zero-order valence-electron chi connectivity index (χ0n) is 20.6. The Morgan fingerprint density at radius 3 is 2.63 bits per heavy atom. The zero-order chi connectivity index (χ0) is 24.8. The lowest BCUT2D eigenvalue weighted by Gasteiger charge is -2.34. The Labute approximate surface area is 205 Å². The predicted molar refractivity (Wildman–Crippen MR) is 134 cm³/mol. The van der Waals surface area contributed by atoms with Crippen molar-refractivity contribution in [3.8, 4) is 11.4 Å². The summed E-state index contributed by atoms with van der Waals surface area (Å²) in [7, 11) is 1.65. The fraction of sp³-hybridized carbons (Fsp3) is 0.333. The number of methoxy groups -OCH3 is 1. The Kier molecular flexibility index (Phi) is 7.51. The third-order valence-corrected chi connectivity index (χ3v) is 5.98. The highest BCUT2D eigenvalue weighted by molar-refractivity contribution is 5.97. The number of halogens is 1. The highest BCUT2D eigenvalue weighted by Crippen LogP contribution is 2.36. The van der Waals surface area contributed by atoms with E-state index >= 15 is 0 Å². The summed E-state index contributed by atoms with van der Waals surface area (Å²) in [5.41, 5.74) is 2.77. The molecule has 0 N–H and O–H groups in total. The van der Waals surface area contributed by atoms with Crippen molar-refractivity contribution in [2.24, 2.45) is 5.16 Å². The molecular formula is C27H31FN4O3. The van der Waals surface area contributed by atoms with Crippen molar-refractivity contribution in [1.82, 2.24) is 14.5 Å². The molecule has 0 fully saturated rings. The van der Waals surface area contributed by atoms with Crippen LogP contribution in [0.4, 0.5) is 4.39 Å². The topological polar surface area (TPSA) is 61.1 Å². The Hall–Kier alpha value is -3.65. The van der Waals surface area contributed by atoms with Gasteiger partial charge in [-0.1, -0.05) is 29.4 Å². The lowest BCUT2D eigenvalue weighted by atomic mass is 10.0. The predicted octanol–water partition coefficient (Wildman–Crippen LogP) is 5.29. The molecule has 0 amide bonds. The normalized spacial score (nSPS) is 17.6. The molecule has 3 aromatic rings. The van der Waals surface area contributed by atoms with Gasteiger partial charge in [-0.15, -0.1) is 0 Å². The fourth-order valence-corrected chi connectivity index (χ4v) is 4.07. The van der Waals surface area contributed by atoms with Gasteiger partial charge < -0.3 is 23.8 Å². The van der Waals surface area contributed by atoms with Gasteiger partial charge in [-0.05, 0) is 56.2 Å². The molecular weight excluding hydrogens is 447 g/mol. The molecule has 184 valence electrons. The van der Waals surface area contributed by atoms with Crippen LogP contribution in [0.3, 0.4) is 0 Å². The summed E-state index contributed by atoms with van der Waals surface area (Å²) in [6.45, 7) is 7.84. The lowest BCUT2D eigenvalue weighted by molar-refractivity contribution is -0.0917. The standard InChI is InChI=1S/C27H31FN4O3/c1-5-34-16-6-15-32-26(30-35-27(32,3)22-9-11-23(28)12-10-22)14-8-21-7-13-24(25(17-21)33-4)31-18-20(2)29-19-31/h7-14,17-19H,5-6,15-16H2,1-4H3. The van der Waals surface area contributed by atoms with E-state index in [4.69, 9.17) is 14.3 Å². The molecule has 0 bridgehead atoms. The van der Waals surface area contributed by atoms with Crippen molar-refractivity contribution in [3.05, 3.63) is 83.7 Å². The van der Waals surface area contributed by atoms with Gasteiger partial charge >= 0.3 is 0 Å². The zero-order valence-corrected chi connectivity index (χ0v) is 20.6. The molecule has 1 atom stereocenters. The number of nitrogens with zero attached hydrogens (tertiary/aromatic N) is 4. The third-order valence-electron chi connectivity index (χ3n) is 5.98. The summed E-state index contributed by atoms with van der Waals surface area (Å²) >= 11 is 0. The fourth-order valence-electron chi connectivity index (χ4n) is 4.07. The van der Waals surface area contributed by atoms with Crippen molar-refractivity contribution in [1.29, 1.82) is 0 Å². The van der Waals surface area contributed by atoms with Crippen LogP contribution in [-0.4, -0.2) is 47.2 Å². The molecule has 1 unspecified atom stereocenters. The van der Waals surface area contributed by atoms with Gasteiger partial charge in [0, 0.05) is 38.4 Å². The number of hydrogen-bond acceptors (Lipinski definition) is 6. The van der Waals surface area contributed by atoms with Crippen molar-refractivity contribution in [2.75, 3.05) is 26.9 Å². The summed E-state index contributed by atoms with van der Waals surface area (Å²) in [4.78, 5) is 12.3. The average Bonchev–Trinajstić information content (AvgIpc) is 3.44. The van der Waals surface area contributed by atoms with Gasteiger partial charge in [0.25, 0.3) is 0 Å². The molecule has 4 rings (SSSR count). The van der Waals surface area contributed by atoms with Crippen molar-refractivity contribution >= 4 is 11.9 Å². The molecule has 0 aliphatic carbocycles. The monoisotopic (exact) mass is 478 g/mol. The van der Waals surface area contributed by atoms with Gasteiger partial charge in [-0.2, -0.15) is 0 Å². The number of aromatic nitrogens is 2. The molecule has 1 aromatic heterocycles. The molecule has 0 saturated heterocycles. The molecule has 35 heavy (non-hydrogen) atoms. The van der Waals surface area contributed by atoms with Gasteiger partial charge in [0.15, 0.2) is 5.84 Å². The second-order valence-corrected chi connectivity index (χ2v) is 8.42. The van der Waals surface area contributed by atoms with Crippen molar-refractivity contribution < 1.29 is 18.7 Å². The van der Waals surface area contributed by atoms with Gasteiger partial charge in [-0.3, -0.25) is 0 Å². The Bertz CT molecular complexity index is 1210. The molecule has 2 aromatic carbocycles. The summed E-state index contributed by atoms with van der Waals surface area (Å²) in [5, 5.41) is 4.37. The van der Waals surface area contributed by atoms with Gasteiger partial charge in [0.1, 0.15) is 11.6 Å². The number of oxime groups is 1. The van der Waals surface area contributed by atoms with Crippen LogP contribution in [0.5, 0.6) is 5.75 Å². The molecule has 2 heterocycles. The Balaban J connectivity index is 1.57. The van der Waals surface area contributed by atoms with Crippen molar-refractivity contribution in [2.45, 2.75) is 32.9 Å². The van der Waals surface area contributed by atoms with Crippen LogP contribution < -0.4 is 4.74 Å². The van der Waals surface area contributed by atoms with E-state index in [9.17, 15) is 4.39 Å². The van der Waals surface area contributed by atoms with Crippen LogP contribution in [0.25, 0.3) is 11.8 Å². The second-order valence-electron chi connectivity index (χ2n) is 8.42. The number of amidine groups is 1. The van der Waals surface area contributed by atoms with E-state index in [1.807, 2.05) is 61.9 Å². The van der Waals surface area contributed by atoms with E-state index in [1.165, 1.54) is 12.1 Å². The summed E-state index contributed by atoms with van der Waals surface area (Å²) in [6.07, 6.45) is 8.41. The maximum absolute atomic E-state index is 13.5. The molecule has 0 radical (unpaired) electrons. The number of imidazole rings is 1. The van der Waals surface area contributed by atoms with E-state index in [2.05, 4.69) is 15.0 Å². The number of benzene rings is 2. The summed E-state index contributed by atoms with van der Waals surface area (Å²) in [5.74, 6) is 1.13. The van der Waals surface area contributed by atoms with Crippen LogP contribution in [0.15, 0.2) is 66.2 Å². The smallest absolute Gasteiger partial charge is 0.234 e. The molecule has 8 heteroatoms. The van der Waals surface area contributed by atoms with E-state index < -0.39 is 5.72 Å². The Morgan fingerprint density at radius 2 is 1.94 bits per heavy atom. The van der Waals surface area contributed by atoms with Gasteiger partial charge in [0.2, 0.25) is 5.72 Å². The molecule has 0 saturated carbocycles.